The van der Waals surface area contributed by atoms with Crippen LogP contribution in [0.2, 0.25) is 5.02 Å². The van der Waals surface area contributed by atoms with Crippen LogP contribution in [0.3, 0.4) is 0 Å². The van der Waals surface area contributed by atoms with E-state index in [9.17, 15) is 17.6 Å². The van der Waals surface area contributed by atoms with E-state index < -0.39 is 27.8 Å². The van der Waals surface area contributed by atoms with Crippen LogP contribution in [-0.2, 0) is 21.4 Å². The number of hydrogen-bond acceptors (Lipinski definition) is 3. The molecule has 1 N–H and O–H groups in total. The maximum atomic E-state index is 13.7. The molecule has 0 saturated carbocycles. The Balaban J connectivity index is 2.25. The quantitative estimate of drug-likeness (QED) is 0.777. The van der Waals surface area contributed by atoms with Gasteiger partial charge in [-0.25, -0.2) is 12.8 Å². The number of hydrogen-bond donors (Lipinski definition) is 1. The molecule has 1 amide bonds. The highest BCUT2D eigenvalue weighted by atomic mass is 35.5. The lowest BCUT2D eigenvalue weighted by Crippen LogP contribution is -2.49. The number of nitrogens with one attached hydrogen (secondary N) is 1. The average molecular weight is 399 g/mol. The van der Waals surface area contributed by atoms with Crippen LogP contribution in [0.25, 0.3) is 0 Å². The second-order valence-electron chi connectivity index (χ2n) is 5.77. The van der Waals surface area contributed by atoms with Crippen molar-refractivity contribution in [1.29, 1.82) is 0 Å². The normalized spacial score (nSPS) is 12.5. The van der Waals surface area contributed by atoms with Gasteiger partial charge in [0.15, 0.2) is 0 Å². The monoisotopic (exact) mass is 398 g/mol. The zero-order valence-corrected chi connectivity index (χ0v) is 16.0. The van der Waals surface area contributed by atoms with Crippen molar-refractivity contribution in [2.24, 2.45) is 0 Å². The molecule has 0 saturated heterocycles. The molecule has 2 rings (SSSR count). The highest BCUT2D eigenvalue weighted by Crippen LogP contribution is 2.24. The molecule has 5 nitrogen and oxygen atoms in total. The number of carbonyl (C=O) groups is 1. The van der Waals surface area contributed by atoms with Crippen LogP contribution in [0.15, 0.2) is 48.5 Å². The molecular weight excluding hydrogens is 379 g/mol. The van der Waals surface area contributed by atoms with Crippen LogP contribution in [0.5, 0.6) is 0 Å². The Morgan fingerprint density at radius 3 is 2.35 bits per heavy atom. The van der Waals surface area contributed by atoms with E-state index in [2.05, 4.69) is 5.32 Å². The molecule has 0 heterocycles. The summed E-state index contributed by atoms with van der Waals surface area (Å²) in [5, 5.41) is 3.07. The van der Waals surface area contributed by atoms with Gasteiger partial charge < -0.3 is 5.32 Å². The average Bonchev–Trinajstić information content (AvgIpc) is 2.58. The Morgan fingerprint density at radius 1 is 1.19 bits per heavy atom. The highest BCUT2D eigenvalue weighted by molar-refractivity contribution is 7.92. The lowest BCUT2D eigenvalue weighted by Gasteiger charge is -2.30. The van der Waals surface area contributed by atoms with Crippen LogP contribution in [-0.4, -0.2) is 26.6 Å². The van der Waals surface area contributed by atoms with Crippen molar-refractivity contribution in [3.05, 3.63) is 64.9 Å². The Kier molecular flexibility index (Phi) is 6.61. The molecule has 0 radical (unpaired) electrons. The standard InChI is InChI=1S/C18H20ClFN2O3S/c1-3-17(18(23)21-12-13-6-4-5-7-16(13)20)22(26(2,24)25)15-10-8-14(19)9-11-15/h4-11,17H,3,12H2,1-2H3,(H,21,23). The van der Waals surface area contributed by atoms with Crippen molar-refractivity contribution in [1.82, 2.24) is 5.32 Å². The second kappa shape index (κ2) is 8.51. The zero-order valence-electron chi connectivity index (χ0n) is 14.4. The fourth-order valence-corrected chi connectivity index (χ4v) is 3.93. The third-order valence-corrected chi connectivity index (χ3v) is 5.25. The first-order valence-electron chi connectivity index (χ1n) is 8.00. The molecule has 0 aliphatic heterocycles. The predicted molar refractivity (Wildman–Crippen MR) is 101 cm³/mol. The first-order chi connectivity index (χ1) is 12.2. The molecule has 0 fully saturated rings. The number of halogens is 2. The SMILES string of the molecule is CCC(C(=O)NCc1ccccc1F)N(c1ccc(Cl)cc1)S(C)(=O)=O. The van der Waals surface area contributed by atoms with Gasteiger partial charge in [-0.05, 0) is 36.8 Å². The third-order valence-electron chi connectivity index (χ3n) is 3.82. The number of carbonyl (C=O) groups excluding carboxylic acids is 1. The van der Waals surface area contributed by atoms with E-state index in [0.29, 0.717) is 16.3 Å². The van der Waals surface area contributed by atoms with Gasteiger partial charge in [0, 0.05) is 17.1 Å². The van der Waals surface area contributed by atoms with Gasteiger partial charge in [-0.3, -0.25) is 9.10 Å². The van der Waals surface area contributed by atoms with E-state index in [-0.39, 0.29) is 13.0 Å². The summed E-state index contributed by atoms with van der Waals surface area (Å²) >= 11 is 5.86. The molecule has 0 spiro atoms. The summed E-state index contributed by atoms with van der Waals surface area (Å²) in [6.07, 6.45) is 1.28. The Bertz CT molecular complexity index is 872. The van der Waals surface area contributed by atoms with Crippen molar-refractivity contribution in [3.63, 3.8) is 0 Å². The summed E-state index contributed by atoms with van der Waals surface area (Å²) in [4.78, 5) is 12.6. The first-order valence-corrected chi connectivity index (χ1v) is 10.2. The maximum absolute atomic E-state index is 13.7. The minimum atomic E-state index is -3.72. The van der Waals surface area contributed by atoms with Crippen LogP contribution in [0.4, 0.5) is 10.1 Å². The van der Waals surface area contributed by atoms with Crippen molar-refractivity contribution < 1.29 is 17.6 Å². The van der Waals surface area contributed by atoms with Crippen molar-refractivity contribution >= 4 is 33.2 Å². The van der Waals surface area contributed by atoms with E-state index >= 15 is 0 Å². The Labute approximate surface area is 157 Å². The molecular formula is C18H20ClFN2O3S. The number of anilines is 1. The molecule has 1 atom stereocenters. The van der Waals surface area contributed by atoms with Gasteiger partial charge in [-0.15, -0.1) is 0 Å². The van der Waals surface area contributed by atoms with E-state index in [1.165, 1.54) is 18.2 Å². The fraction of sp³-hybridized carbons (Fsp3) is 0.278. The molecule has 2 aromatic rings. The van der Waals surface area contributed by atoms with E-state index in [4.69, 9.17) is 11.6 Å². The maximum Gasteiger partial charge on any atom is 0.244 e. The number of amides is 1. The number of sulfonamides is 1. The summed E-state index contributed by atoms with van der Waals surface area (Å²) in [5.41, 5.74) is 0.665. The molecule has 2 aromatic carbocycles. The fourth-order valence-electron chi connectivity index (χ4n) is 2.59. The highest BCUT2D eigenvalue weighted by Gasteiger charge is 2.31. The van der Waals surface area contributed by atoms with E-state index in [1.807, 2.05) is 0 Å². The summed E-state index contributed by atoms with van der Waals surface area (Å²) in [7, 11) is -3.72. The van der Waals surface area contributed by atoms with Gasteiger partial charge >= 0.3 is 0 Å². The van der Waals surface area contributed by atoms with Gasteiger partial charge in [-0.2, -0.15) is 0 Å². The zero-order chi connectivity index (χ0) is 19.3. The topological polar surface area (TPSA) is 66.5 Å². The summed E-state index contributed by atoms with van der Waals surface area (Å²) in [6.45, 7) is 1.68. The second-order valence-corrected chi connectivity index (χ2v) is 8.06. The number of rotatable bonds is 7. The molecule has 0 bridgehead atoms. The van der Waals surface area contributed by atoms with Crippen molar-refractivity contribution in [2.45, 2.75) is 25.9 Å². The van der Waals surface area contributed by atoms with Crippen LogP contribution < -0.4 is 9.62 Å². The van der Waals surface area contributed by atoms with Crippen LogP contribution >= 0.6 is 11.6 Å². The molecule has 140 valence electrons. The summed E-state index contributed by atoms with van der Waals surface area (Å²) < 4.78 is 39.4. The number of nitrogens with zero attached hydrogens (tertiary/aromatic N) is 1. The smallest absolute Gasteiger partial charge is 0.244 e. The van der Waals surface area contributed by atoms with E-state index in [1.54, 1.807) is 37.3 Å². The minimum absolute atomic E-state index is 0.0276. The van der Waals surface area contributed by atoms with Gasteiger partial charge in [-0.1, -0.05) is 36.7 Å². The molecule has 8 heteroatoms. The summed E-state index contributed by atoms with van der Waals surface area (Å²) in [5.74, 6) is -0.936. The molecule has 0 aliphatic carbocycles. The Morgan fingerprint density at radius 2 is 1.81 bits per heavy atom. The lowest BCUT2D eigenvalue weighted by atomic mass is 10.1. The van der Waals surface area contributed by atoms with E-state index in [0.717, 1.165) is 10.6 Å². The Hall–Kier alpha value is -2.12. The minimum Gasteiger partial charge on any atom is -0.350 e. The van der Waals surface area contributed by atoms with Crippen molar-refractivity contribution in [2.75, 3.05) is 10.6 Å². The van der Waals surface area contributed by atoms with Gasteiger partial charge in [0.1, 0.15) is 11.9 Å². The third kappa shape index (κ3) is 4.95. The molecule has 26 heavy (non-hydrogen) atoms. The lowest BCUT2D eigenvalue weighted by molar-refractivity contribution is -0.122. The van der Waals surface area contributed by atoms with Crippen molar-refractivity contribution in [3.8, 4) is 0 Å². The van der Waals surface area contributed by atoms with Crippen LogP contribution in [0, 0.1) is 5.82 Å². The molecule has 0 aliphatic rings. The molecule has 1 unspecified atom stereocenters. The van der Waals surface area contributed by atoms with Gasteiger partial charge in [0.05, 0.1) is 11.9 Å². The summed E-state index contributed by atoms with van der Waals surface area (Å²) in [6, 6.07) is 11.3. The van der Waals surface area contributed by atoms with Gasteiger partial charge in [0.2, 0.25) is 15.9 Å². The van der Waals surface area contributed by atoms with Gasteiger partial charge in [0.25, 0.3) is 0 Å². The van der Waals surface area contributed by atoms with Crippen LogP contribution in [0.1, 0.15) is 18.9 Å². The number of benzene rings is 2. The molecule has 0 aromatic heterocycles. The predicted octanol–water partition coefficient (Wildman–Crippen LogP) is 3.34. The first kappa shape index (κ1) is 20.2. The largest absolute Gasteiger partial charge is 0.350 e.